The van der Waals surface area contributed by atoms with Crippen molar-refractivity contribution in [1.29, 1.82) is 0 Å². The summed E-state index contributed by atoms with van der Waals surface area (Å²) in [6.45, 7) is 0. The number of benzene rings is 2. The van der Waals surface area contributed by atoms with Crippen LogP contribution in [0.15, 0.2) is 48.0 Å². The summed E-state index contributed by atoms with van der Waals surface area (Å²) >= 11 is 0. The first-order valence-electron chi connectivity index (χ1n) is 7.75. The minimum Gasteiger partial charge on any atom is -0.493 e. The molecule has 136 valence electrons. The monoisotopic (exact) mass is 356 g/mol. The minimum atomic E-state index is -0.729. The molecule has 0 bridgehead atoms. The smallest absolute Gasteiger partial charge is 0.341 e. The lowest BCUT2D eigenvalue weighted by molar-refractivity contribution is -0.135. The Hall–Kier alpha value is -3.28. The van der Waals surface area contributed by atoms with E-state index in [9.17, 15) is 9.59 Å². The third-order valence-electron chi connectivity index (χ3n) is 3.69. The molecule has 0 aliphatic carbocycles. The fraction of sp³-hybridized carbons (Fsp3) is 0.200. The fourth-order valence-corrected chi connectivity index (χ4v) is 2.41. The van der Waals surface area contributed by atoms with Gasteiger partial charge >= 0.3 is 5.97 Å². The van der Waals surface area contributed by atoms with Gasteiger partial charge in [0.2, 0.25) is 11.5 Å². The Morgan fingerprint density at radius 2 is 1.42 bits per heavy atom. The molecule has 26 heavy (non-hydrogen) atoms. The molecule has 0 amide bonds. The molecule has 0 aromatic heterocycles. The van der Waals surface area contributed by atoms with Crippen molar-refractivity contribution >= 4 is 17.8 Å². The van der Waals surface area contributed by atoms with Crippen LogP contribution >= 0.6 is 0 Å². The summed E-state index contributed by atoms with van der Waals surface area (Å²) in [6.07, 6.45) is 1.48. The van der Waals surface area contributed by atoms with Gasteiger partial charge in [0.05, 0.1) is 28.4 Å². The SMILES string of the molecule is COC(=O)/C(=C\c1ccccc1)C(=O)c1cc(OC)c(OC)c(OC)c1. The van der Waals surface area contributed by atoms with Crippen LogP contribution in [-0.2, 0) is 9.53 Å². The predicted molar refractivity (Wildman–Crippen MR) is 96.9 cm³/mol. The van der Waals surface area contributed by atoms with Crippen molar-refractivity contribution in [3.8, 4) is 17.2 Å². The van der Waals surface area contributed by atoms with Gasteiger partial charge in [0.25, 0.3) is 0 Å². The molecular formula is C20H20O6. The average molecular weight is 356 g/mol. The number of carbonyl (C=O) groups excluding carboxylic acids is 2. The van der Waals surface area contributed by atoms with Gasteiger partial charge in [-0.15, -0.1) is 0 Å². The number of ketones is 1. The van der Waals surface area contributed by atoms with Crippen LogP contribution < -0.4 is 14.2 Å². The average Bonchev–Trinajstić information content (AvgIpc) is 2.70. The molecule has 0 atom stereocenters. The molecule has 0 unspecified atom stereocenters. The minimum absolute atomic E-state index is 0.104. The van der Waals surface area contributed by atoms with Crippen LogP contribution in [-0.4, -0.2) is 40.2 Å². The van der Waals surface area contributed by atoms with Gasteiger partial charge < -0.3 is 18.9 Å². The largest absolute Gasteiger partial charge is 0.493 e. The van der Waals surface area contributed by atoms with Gasteiger partial charge in [0.15, 0.2) is 11.5 Å². The highest BCUT2D eigenvalue weighted by atomic mass is 16.5. The lowest BCUT2D eigenvalue weighted by atomic mass is 10.00. The maximum absolute atomic E-state index is 13.0. The molecule has 0 spiro atoms. The van der Waals surface area contributed by atoms with E-state index in [0.29, 0.717) is 22.8 Å². The number of carbonyl (C=O) groups is 2. The normalized spacial score (nSPS) is 10.8. The second kappa shape index (κ2) is 8.71. The van der Waals surface area contributed by atoms with E-state index >= 15 is 0 Å². The molecule has 2 rings (SSSR count). The van der Waals surface area contributed by atoms with Crippen molar-refractivity contribution in [3.05, 3.63) is 59.2 Å². The van der Waals surface area contributed by atoms with Crippen molar-refractivity contribution in [2.75, 3.05) is 28.4 Å². The summed E-state index contributed by atoms with van der Waals surface area (Å²) in [5, 5.41) is 0. The zero-order valence-corrected chi connectivity index (χ0v) is 15.1. The van der Waals surface area contributed by atoms with Crippen molar-refractivity contribution in [2.24, 2.45) is 0 Å². The van der Waals surface area contributed by atoms with Gasteiger partial charge in [0.1, 0.15) is 5.57 Å². The first kappa shape index (κ1) is 19.1. The number of ether oxygens (including phenoxy) is 4. The molecule has 0 heterocycles. The number of rotatable bonds is 7. The standard InChI is InChI=1S/C20H20O6/c1-23-16-11-14(12-17(24-2)19(16)25-3)18(21)15(20(22)26-4)10-13-8-6-5-7-9-13/h5-12H,1-4H3/b15-10-. The van der Waals surface area contributed by atoms with E-state index in [0.717, 1.165) is 0 Å². The van der Waals surface area contributed by atoms with Crippen molar-refractivity contribution in [3.63, 3.8) is 0 Å². The maximum atomic E-state index is 13.0. The quantitative estimate of drug-likeness (QED) is 0.250. The Morgan fingerprint density at radius 1 is 0.846 bits per heavy atom. The highest BCUT2D eigenvalue weighted by molar-refractivity contribution is 6.27. The zero-order chi connectivity index (χ0) is 19.1. The van der Waals surface area contributed by atoms with Crippen molar-refractivity contribution in [2.45, 2.75) is 0 Å². The van der Waals surface area contributed by atoms with E-state index in [1.165, 1.54) is 46.6 Å². The molecule has 2 aromatic rings. The van der Waals surface area contributed by atoms with Gasteiger partial charge in [-0.25, -0.2) is 4.79 Å². The molecule has 0 saturated carbocycles. The molecule has 2 aromatic carbocycles. The summed E-state index contributed by atoms with van der Waals surface area (Å²) in [7, 11) is 5.60. The third-order valence-corrected chi connectivity index (χ3v) is 3.69. The van der Waals surface area contributed by atoms with Crippen LogP contribution in [0.25, 0.3) is 6.08 Å². The Kier molecular flexibility index (Phi) is 6.38. The van der Waals surface area contributed by atoms with Gasteiger partial charge in [-0.1, -0.05) is 30.3 Å². The predicted octanol–water partition coefficient (Wildman–Crippen LogP) is 3.15. The molecule has 0 N–H and O–H groups in total. The maximum Gasteiger partial charge on any atom is 0.341 e. The summed E-state index contributed by atoms with van der Waals surface area (Å²) in [6, 6.07) is 12.0. The summed E-state index contributed by atoms with van der Waals surface area (Å²) in [4.78, 5) is 25.1. The Labute approximate surface area is 151 Å². The van der Waals surface area contributed by atoms with Crippen LogP contribution in [0.2, 0.25) is 0 Å². The number of Topliss-reactive ketones (excluding diaryl/α,β-unsaturated/α-hetero) is 1. The molecular weight excluding hydrogens is 336 g/mol. The van der Waals surface area contributed by atoms with E-state index in [2.05, 4.69) is 0 Å². The lowest BCUT2D eigenvalue weighted by Crippen LogP contribution is -2.15. The molecule has 6 nitrogen and oxygen atoms in total. The number of esters is 1. The molecule has 0 aliphatic heterocycles. The molecule has 6 heteroatoms. The second-order valence-corrected chi connectivity index (χ2v) is 5.20. The zero-order valence-electron chi connectivity index (χ0n) is 15.1. The highest BCUT2D eigenvalue weighted by Gasteiger charge is 2.24. The van der Waals surface area contributed by atoms with E-state index in [1.54, 1.807) is 12.1 Å². The lowest BCUT2D eigenvalue weighted by Gasteiger charge is -2.14. The van der Waals surface area contributed by atoms with Crippen molar-refractivity contribution in [1.82, 2.24) is 0 Å². The number of hydrogen-bond acceptors (Lipinski definition) is 6. The second-order valence-electron chi connectivity index (χ2n) is 5.20. The summed E-state index contributed by atoms with van der Waals surface area (Å²) in [5.74, 6) is -0.246. The summed E-state index contributed by atoms with van der Waals surface area (Å²) in [5.41, 5.74) is 0.814. The van der Waals surface area contributed by atoms with Crippen LogP contribution in [0.3, 0.4) is 0 Å². The molecule has 0 radical (unpaired) electrons. The Bertz CT molecular complexity index is 798. The van der Waals surface area contributed by atoms with Gasteiger partial charge in [-0.2, -0.15) is 0 Å². The van der Waals surface area contributed by atoms with Crippen LogP contribution in [0.5, 0.6) is 17.2 Å². The topological polar surface area (TPSA) is 71.1 Å². The Balaban J connectivity index is 2.56. The van der Waals surface area contributed by atoms with Gasteiger partial charge in [-0.3, -0.25) is 4.79 Å². The van der Waals surface area contributed by atoms with Gasteiger partial charge in [-0.05, 0) is 23.8 Å². The van der Waals surface area contributed by atoms with E-state index < -0.39 is 11.8 Å². The molecule has 0 saturated heterocycles. The van der Waals surface area contributed by atoms with E-state index in [1.807, 2.05) is 18.2 Å². The molecule has 0 aliphatic rings. The van der Waals surface area contributed by atoms with Crippen LogP contribution in [0.1, 0.15) is 15.9 Å². The van der Waals surface area contributed by atoms with E-state index in [-0.39, 0.29) is 11.1 Å². The van der Waals surface area contributed by atoms with Crippen LogP contribution in [0, 0.1) is 0 Å². The first-order chi connectivity index (χ1) is 12.5. The fourth-order valence-electron chi connectivity index (χ4n) is 2.41. The summed E-state index contributed by atoms with van der Waals surface area (Å²) < 4.78 is 20.5. The number of methoxy groups -OCH3 is 4. The third kappa shape index (κ3) is 4.03. The highest BCUT2D eigenvalue weighted by Crippen LogP contribution is 2.38. The van der Waals surface area contributed by atoms with E-state index in [4.69, 9.17) is 18.9 Å². The first-order valence-corrected chi connectivity index (χ1v) is 7.75. The number of hydrogen-bond donors (Lipinski definition) is 0. The van der Waals surface area contributed by atoms with Gasteiger partial charge in [0, 0.05) is 5.56 Å². The molecule has 0 fully saturated rings. The Morgan fingerprint density at radius 3 is 1.88 bits per heavy atom. The van der Waals surface area contributed by atoms with Crippen molar-refractivity contribution < 1.29 is 28.5 Å². The van der Waals surface area contributed by atoms with Crippen LogP contribution in [0.4, 0.5) is 0 Å².